The number of carbonyl (C=O) groups excluding carboxylic acids is 2. The number of rotatable bonds is 2. The normalized spacial score (nSPS) is 20.9. The average Bonchev–Trinajstić information content (AvgIpc) is 3.02. The lowest BCUT2D eigenvalue weighted by Crippen LogP contribution is -2.35. The largest absolute Gasteiger partial charge is 0.459 e. The number of hydrogen-bond acceptors (Lipinski definition) is 5. The number of ketones is 2. The molecule has 1 aromatic carbocycles. The molecule has 0 unspecified atom stereocenters. The number of morpholine rings is 1. The van der Waals surface area contributed by atoms with Crippen molar-refractivity contribution < 1.29 is 18.7 Å². The van der Waals surface area contributed by atoms with Gasteiger partial charge in [0.2, 0.25) is 11.6 Å². The third kappa shape index (κ3) is 2.82. The Kier molecular flexibility index (Phi) is 4.30. The Morgan fingerprint density at radius 2 is 1.79 bits per heavy atom. The molecule has 2 aromatic rings. The number of fused-ring (bicyclic) bond motifs is 5. The fraction of sp³-hybridized carbons (Fsp3) is 0.500. The number of nitrogens with zero attached hydrogens (tertiary/aromatic N) is 1. The third-order valence-electron chi connectivity index (χ3n) is 6.89. The van der Waals surface area contributed by atoms with E-state index in [1.165, 1.54) is 5.56 Å². The van der Waals surface area contributed by atoms with Crippen LogP contribution in [0.15, 0.2) is 16.5 Å². The van der Waals surface area contributed by atoms with Gasteiger partial charge in [0.1, 0.15) is 11.5 Å². The van der Waals surface area contributed by atoms with Crippen LogP contribution in [-0.2, 0) is 23.1 Å². The lowest BCUT2D eigenvalue weighted by Gasteiger charge is -2.34. The van der Waals surface area contributed by atoms with E-state index in [2.05, 4.69) is 24.8 Å². The molecule has 0 amide bonds. The van der Waals surface area contributed by atoms with E-state index >= 15 is 0 Å². The molecule has 0 N–H and O–H groups in total. The minimum Gasteiger partial charge on any atom is -0.459 e. The number of hydrogen-bond donors (Lipinski definition) is 0. The highest BCUT2D eigenvalue weighted by Gasteiger charge is 2.40. The van der Waals surface area contributed by atoms with Crippen molar-refractivity contribution in [3.05, 3.63) is 45.7 Å². The number of carbonyl (C=O) groups is 2. The van der Waals surface area contributed by atoms with Gasteiger partial charge in [-0.05, 0) is 42.7 Å². The van der Waals surface area contributed by atoms with Crippen LogP contribution in [0.25, 0.3) is 11.3 Å². The smallest absolute Gasteiger partial charge is 0.237 e. The maximum Gasteiger partial charge on any atom is 0.237 e. The van der Waals surface area contributed by atoms with E-state index in [1.54, 1.807) is 0 Å². The van der Waals surface area contributed by atoms with Crippen molar-refractivity contribution in [1.82, 2.24) is 4.90 Å². The van der Waals surface area contributed by atoms with Crippen molar-refractivity contribution in [3.8, 4) is 11.3 Å². The third-order valence-corrected chi connectivity index (χ3v) is 6.89. The molecule has 0 bridgehead atoms. The van der Waals surface area contributed by atoms with Gasteiger partial charge in [-0.25, -0.2) is 0 Å². The Morgan fingerprint density at radius 1 is 1.07 bits per heavy atom. The van der Waals surface area contributed by atoms with E-state index in [-0.39, 0.29) is 11.2 Å². The molecule has 0 saturated carbocycles. The summed E-state index contributed by atoms with van der Waals surface area (Å²) in [6.07, 6.45) is 2.97. The Labute approximate surface area is 171 Å². The highest BCUT2D eigenvalue weighted by Crippen LogP contribution is 2.45. The first-order valence-corrected chi connectivity index (χ1v) is 10.6. The van der Waals surface area contributed by atoms with Crippen molar-refractivity contribution in [2.24, 2.45) is 0 Å². The summed E-state index contributed by atoms with van der Waals surface area (Å²) in [4.78, 5) is 28.6. The van der Waals surface area contributed by atoms with Crippen LogP contribution < -0.4 is 0 Å². The molecule has 1 aliphatic heterocycles. The SMILES string of the molecule is Cc1c(CN2CCOCC2)oc2c1C(=O)C(=O)c1c-2ccc2c1CCCC2(C)C. The van der Waals surface area contributed by atoms with Gasteiger partial charge in [0, 0.05) is 29.8 Å². The first kappa shape index (κ1) is 18.8. The summed E-state index contributed by atoms with van der Waals surface area (Å²) in [5.74, 6) is 0.572. The summed E-state index contributed by atoms with van der Waals surface area (Å²) in [5, 5.41) is 0. The topological polar surface area (TPSA) is 59.8 Å². The van der Waals surface area contributed by atoms with Gasteiger partial charge in [-0.2, -0.15) is 0 Å². The van der Waals surface area contributed by atoms with Crippen molar-refractivity contribution >= 4 is 11.6 Å². The predicted molar refractivity (Wildman–Crippen MR) is 110 cm³/mol. The number of ether oxygens (including phenoxy) is 1. The maximum atomic E-state index is 13.2. The molecule has 2 heterocycles. The molecule has 1 fully saturated rings. The van der Waals surface area contributed by atoms with Gasteiger partial charge in [0.15, 0.2) is 0 Å². The molecular weight excluding hydrogens is 366 g/mol. The standard InChI is InChI=1S/C24H27NO4/c1-14-18(13-25-9-11-28-12-10-25)29-23-16-6-7-17-15(5-4-8-24(17,2)3)20(16)22(27)21(26)19(14)23/h6-7H,4-5,8-13H2,1-3H3. The second-order valence-electron chi connectivity index (χ2n) is 9.15. The Bertz CT molecular complexity index is 1020. The molecule has 3 aliphatic rings. The summed E-state index contributed by atoms with van der Waals surface area (Å²) in [6, 6.07) is 4.13. The zero-order chi connectivity index (χ0) is 20.3. The number of Topliss-reactive ketones (excluding diaryl/α,β-unsaturated/α-hetero) is 2. The highest BCUT2D eigenvalue weighted by atomic mass is 16.5. The number of furan rings is 1. The van der Waals surface area contributed by atoms with Crippen LogP contribution in [0, 0.1) is 6.92 Å². The second kappa shape index (κ2) is 6.64. The predicted octanol–water partition coefficient (Wildman–Crippen LogP) is 4.08. The van der Waals surface area contributed by atoms with Crippen LogP contribution >= 0.6 is 0 Å². The minimum absolute atomic E-state index is 0.0206. The summed E-state index contributed by atoms with van der Waals surface area (Å²) >= 11 is 0. The summed E-state index contributed by atoms with van der Waals surface area (Å²) in [7, 11) is 0. The lowest BCUT2D eigenvalue weighted by molar-refractivity contribution is 0.0313. The molecule has 5 heteroatoms. The van der Waals surface area contributed by atoms with Crippen LogP contribution in [0.1, 0.15) is 69.9 Å². The van der Waals surface area contributed by atoms with Crippen LogP contribution in [0.3, 0.4) is 0 Å². The van der Waals surface area contributed by atoms with Crippen LogP contribution in [-0.4, -0.2) is 42.8 Å². The molecular formula is C24H27NO4. The quantitative estimate of drug-likeness (QED) is 0.720. The number of benzene rings is 1. The van der Waals surface area contributed by atoms with Crippen molar-refractivity contribution in [2.75, 3.05) is 26.3 Å². The zero-order valence-corrected chi connectivity index (χ0v) is 17.4. The lowest BCUT2D eigenvalue weighted by atomic mass is 9.69. The fourth-order valence-corrected chi connectivity index (χ4v) is 5.20. The molecule has 0 radical (unpaired) electrons. The monoisotopic (exact) mass is 393 g/mol. The van der Waals surface area contributed by atoms with Gasteiger partial charge in [-0.3, -0.25) is 14.5 Å². The molecule has 5 rings (SSSR count). The molecule has 0 spiro atoms. The van der Waals surface area contributed by atoms with Gasteiger partial charge in [-0.1, -0.05) is 26.0 Å². The molecule has 2 aliphatic carbocycles. The molecule has 0 atom stereocenters. The first-order valence-electron chi connectivity index (χ1n) is 10.6. The Morgan fingerprint density at radius 3 is 2.55 bits per heavy atom. The van der Waals surface area contributed by atoms with Gasteiger partial charge in [0.05, 0.1) is 25.3 Å². The van der Waals surface area contributed by atoms with E-state index in [1.807, 2.05) is 13.0 Å². The van der Waals surface area contributed by atoms with Crippen molar-refractivity contribution in [3.63, 3.8) is 0 Å². The summed E-state index contributed by atoms with van der Waals surface area (Å²) in [6.45, 7) is 10.1. The van der Waals surface area contributed by atoms with E-state index < -0.39 is 5.78 Å². The van der Waals surface area contributed by atoms with E-state index in [0.717, 1.165) is 54.8 Å². The molecule has 5 nitrogen and oxygen atoms in total. The van der Waals surface area contributed by atoms with Gasteiger partial charge in [-0.15, -0.1) is 0 Å². The average molecular weight is 393 g/mol. The highest BCUT2D eigenvalue weighted by molar-refractivity contribution is 6.53. The Hall–Kier alpha value is -2.24. The molecule has 1 saturated heterocycles. The zero-order valence-electron chi connectivity index (χ0n) is 17.4. The Balaban J connectivity index is 1.64. The fourth-order valence-electron chi connectivity index (χ4n) is 5.20. The maximum absolute atomic E-state index is 13.2. The first-order chi connectivity index (χ1) is 13.9. The molecule has 152 valence electrons. The van der Waals surface area contributed by atoms with Gasteiger partial charge in [0.25, 0.3) is 0 Å². The van der Waals surface area contributed by atoms with Crippen LogP contribution in [0.2, 0.25) is 0 Å². The van der Waals surface area contributed by atoms with Crippen LogP contribution in [0.5, 0.6) is 0 Å². The van der Waals surface area contributed by atoms with E-state index in [0.29, 0.717) is 36.6 Å². The van der Waals surface area contributed by atoms with Crippen molar-refractivity contribution in [2.45, 2.75) is 52.0 Å². The summed E-state index contributed by atoms with van der Waals surface area (Å²) in [5.41, 5.74) is 4.90. The molecule has 29 heavy (non-hydrogen) atoms. The van der Waals surface area contributed by atoms with Gasteiger partial charge >= 0.3 is 0 Å². The van der Waals surface area contributed by atoms with Gasteiger partial charge < -0.3 is 9.15 Å². The van der Waals surface area contributed by atoms with Crippen LogP contribution in [0.4, 0.5) is 0 Å². The second-order valence-corrected chi connectivity index (χ2v) is 9.15. The minimum atomic E-state index is -0.418. The van der Waals surface area contributed by atoms with Crippen molar-refractivity contribution in [1.29, 1.82) is 0 Å². The molecule has 1 aromatic heterocycles. The van der Waals surface area contributed by atoms with E-state index in [4.69, 9.17) is 9.15 Å². The summed E-state index contributed by atoms with van der Waals surface area (Å²) < 4.78 is 11.7. The van der Waals surface area contributed by atoms with E-state index in [9.17, 15) is 9.59 Å².